The molecule has 1 amide bonds. The van der Waals surface area contributed by atoms with Crippen molar-refractivity contribution in [3.63, 3.8) is 0 Å². The average Bonchev–Trinajstić information content (AvgIpc) is 2.87. The number of aromatic nitrogens is 1. The normalized spacial score (nSPS) is 20.2. The summed E-state index contributed by atoms with van der Waals surface area (Å²) in [5.41, 5.74) is -0.192. The Kier molecular flexibility index (Phi) is 4.76. The van der Waals surface area contributed by atoms with Gasteiger partial charge in [0, 0.05) is 23.3 Å². The second-order valence-corrected chi connectivity index (χ2v) is 5.64. The van der Waals surface area contributed by atoms with Gasteiger partial charge in [0.2, 0.25) is 5.91 Å². The Bertz CT molecular complexity index is 509. The van der Waals surface area contributed by atoms with E-state index >= 15 is 0 Å². The van der Waals surface area contributed by atoms with Crippen molar-refractivity contribution in [3.8, 4) is 0 Å². The highest BCUT2D eigenvalue weighted by molar-refractivity contribution is 9.10. The minimum Gasteiger partial charge on any atom is -0.376 e. The molecule has 1 aromatic rings. The molecule has 1 N–H and O–H groups in total. The predicted octanol–water partition coefficient (Wildman–Crippen LogP) is 1.29. The molecule has 1 aromatic heterocycles. The van der Waals surface area contributed by atoms with Crippen LogP contribution in [0.3, 0.4) is 0 Å². The summed E-state index contributed by atoms with van der Waals surface area (Å²) in [5.74, 6) is -0.178. The summed E-state index contributed by atoms with van der Waals surface area (Å²) >= 11 is 3.28. The molecule has 0 unspecified atom stereocenters. The highest BCUT2D eigenvalue weighted by Gasteiger charge is 2.23. The maximum atomic E-state index is 11.9. The number of halogens is 1. The summed E-state index contributed by atoms with van der Waals surface area (Å²) < 4.78 is 7.66. The topological polar surface area (TPSA) is 60.3 Å². The standard InChI is InChI=1S/C13H17BrN2O3/c1-9(11-3-2-6-19-11)15-12(17)8-16-7-10(14)4-5-13(16)18/h4-5,7,9,11H,2-3,6,8H2,1H3,(H,15,17)/t9-,11-/m1/s1. The third-order valence-corrected chi connectivity index (χ3v) is 3.64. The van der Waals surface area contributed by atoms with Crippen molar-refractivity contribution in [2.45, 2.75) is 38.5 Å². The minimum absolute atomic E-state index is 0.0231. The van der Waals surface area contributed by atoms with Gasteiger partial charge in [-0.3, -0.25) is 9.59 Å². The molecule has 1 saturated heterocycles. The van der Waals surface area contributed by atoms with Crippen LogP contribution in [0.25, 0.3) is 0 Å². The highest BCUT2D eigenvalue weighted by atomic mass is 79.9. The van der Waals surface area contributed by atoms with Gasteiger partial charge in [-0.15, -0.1) is 0 Å². The Hall–Kier alpha value is -1.14. The van der Waals surface area contributed by atoms with E-state index in [1.54, 1.807) is 12.3 Å². The molecule has 6 heteroatoms. The van der Waals surface area contributed by atoms with E-state index in [1.165, 1.54) is 10.6 Å². The third-order valence-electron chi connectivity index (χ3n) is 3.17. The Balaban J connectivity index is 1.93. The monoisotopic (exact) mass is 328 g/mol. The van der Waals surface area contributed by atoms with E-state index in [0.717, 1.165) is 23.9 Å². The fourth-order valence-electron chi connectivity index (χ4n) is 2.17. The lowest BCUT2D eigenvalue weighted by atomic mass is 10.1. The molecule has 0 aromatic carbocycles. The van der Waals surface area contributed by atoms with Crippen LogP contribution in [0.5, 0.6) is 0 Å². The fraction of sp³-hybridized carbons (Fsp3) is 0.538. The zero-order valence-electron chi connectivity index (χ0n) is 10.8. The van der Waals surface area contributed by atoms with Gasteiger partial charge in [0.15, 0.2) is 0 Å². The fourth-order valence-corrected chi connectivity index (χ4v) is 2.55. The Morgan fingerprint density at radius 1 is 1.63 bits per heavy atom. The Morgan fingerprint density at radius 3 is 3.11 bits per heavy atom. The third kappa shape index (κ3) is 3.91. The molecule has 0 saturated carbocycles. The maximum absolute atomic E-state index is 11.9. The molecule has 5 nitrogen and oxygen atoms in total. The summed E-state index contributed by atoms with van der Waals surface area (Å²) in [7, 11) is 0. The van der Waals surface area contributed by atoms with Gasteiger partial charge in [-0.25, -0.2) is 0 Å². The van der Waals surface area contributed by atoms with Crippen molar-refractivity contribution in [1.82, 2.24) is 9.88 Å². The quantitative estimate of drug-likeness (QED) is 0.906. The first-order valence-corrected chi connectivity index (χ1v) is 7.12. The van der Waals surface area contributed by atoms with Gasteiger partial charge in [-0.05, 0) is 41.8 Å². The van der Waals surface area contributed by atoms with Crippen molar-refractivity contribution in [1.29, 1.82) is 0 Å². The average molecular weight is 329 g/mol. The van der Waals surface area contributed by atoms with Crippen LogP contribution < -0.4 is 10.9 Å². The van der Waals surface area contributed by atoms with Gasteiger partial charge >= 0.3 is 0 Å². The first kappa shape index (κ1) is 14.3. The Morgan fingerprint density at radius 2 is 2.42 bits per heavy atom. The first-order chi connectivity index (χ1) is 9.06. The van der Waals surface area contributed by atoms with Gasteiger partial charge in [-0.2, -0.15) is 0 Å². The van der Waals surface area contributed by atoms with E-state index < -0.39 is 0 Å². The van der Waals surface area contributed by atoms with Crippen molar-refractivity contribution in [2.75, 3.05) is 6.61 Å². The van der Waals surface area contributed by atoms with E-state index in [2.05, 4.69) is 21.2 Å². The van der Waals surface area contributed by atoms with E-state index in [1.807, 2.05) is 6.92 Å². The largest absolute Gasteiger partial charge is 0.376 e. The number of carbonyl (C=O) groups is 1. The van der Waals surface area contributed by atoms with Crippen LogP contribution in [-0.2, 0) is 16.1 Å². The number of rotatable bonds is 4. The number of nitrogens with one attached hydrogen (secondary N) is 1. The number of carbonyl (C=O) groups excluding carboxylic acids is 1. The van der Waals surface area contributed by atoms with Crippen LogP contribution in [0.2, 0.25) is 0 Å². The summed E-state index contributed by atoms with van der Waals surface area (Å²) in [6.45, 7) is 2.71. The summed E-state index contributed by atoms with van der Waals surface area (Å²) in [6, 6.07) is 3.06. The van der Waals surface area contributed by atoms with Crippen molar-refractivity contribution < 1.29 is 9.53 Å². The molecule has 2 rings (SSSR count). The van der Waals surface area contributed by atoms with Crippen molar-refractivity contribution in [2.24, 2.45) is 0 Å². The Labute approximate surface area is 120 Å². The van der Waals surface area contributed by atoms with E-state index in [0.29, 0.717) is 0 Å². The molecular weight excluding hydrogens is 312 g/mol. The molecule has 2 atom stereocenters. The van der Waals surface area contributed by atoms with Crippen molar-refractivity contribution >= 4 is 21.8 Å². The number of hydrogen-bond acceptors (Lipinski definition) is 3. The zero-order chi connectivity index (χ0) is 13.8. The lowest BCUT2D eigenvalue weighted by Gasteiger charge is -2.20. The van der Waals surface area contributed by atoms with Crippen LogP contribution >= 0.6 is 15.9 Å². The molecule has 19 heavy (non-hydrogen) atoms. The number of amides is 1. The van der Waals surface area contributed by atoms with E-state index in [-0.39, 0.29) is 30.2 Å². The van der Waals surface area contributed by atoms with Gasteiger partial charge in [0.25, 0.3) is 5.56 Å². The predicted molar refractivity (Wildman–Crippen MR) is 75.0 cm³/mol. The van der Waals surface area contributed by atoms with Crippen LogP contribution in [0.4, 0.5) is 0 Å². The molecule has 0 spiro atoms. The van der Waals surface area contributed by atoms with Crippen LogP contribution in [0.15, 0.2) is 27.6 Å². The molecule has 0 bridgehead atoms. The SMILES string of the molecule is C[C@@H](NC(=O)Cn1cc(Br)ccc1=O)[C@H]1CCCO1. The summed E-state index contributed by atoms with van der Waals surface area (Å²) in [4.78, 5) is 23.5. The van der Waals surface area contributed by atoms with Crippen molar-refractivity contribution in [3.05, 3.63) is 33.2 Å². The van der Waals surface area contributed by atoms with Crippen LogP contribution in [0, 0.1) is 0 Å². The first-order valence-electron chi connectivity index (χ1n) is 6.33. The lowest BCUT2D eigenvalue weighted by Crippen LogP contribution is -2.43. The second kappa shape index (κ2) is 6.34. The lowest BCUT2D eigenvalue weighted by molar-refractivity contribution is -0.123. The summed E-state index contributed by atoms with van der Waals surface area (Å²) in [6.07, 6.45) is 3.70. The smallest absolute Gasteiger partial charge is 0.251 e. The number of hydrogen-bond donors (Lipinski definition) is 1. The zero-order valence-corrected chi connectivity index (χ0v) is 12.4. The second-order valence-electron chi connectivity index (χ2n) is 4.72. The molecule has 1 fully saturated rings. The molecule has 1 aliphatic heterocycles. The minimum atomic E-state index is -0.192. The maximum Gasteiger partial charge on any atom is 0.251 e. The van der Waals surface area contributed by atoms with Gasteiger partial charge in [0.05, 0.1) is 12.1 Å². The summed E-state index contributed by atoms with van der Waals surface area (Å²) in [5, 5.41) is 2.88. The molecular formula is C13H17BrN2O3. The molecule has 2 heterocycles. The number of ether oxygens (including phenoxy) is 1. The van der Waals surface area contributed by atoms with Gasteiger partial charge in [-0.1, -0.05) is 0 Å². The van der Waals surface area contributed by atoms with E-state index in [9.17, 15) is 9.59 Å². The van der Waals surface area contributed by atoms with Crippen LogP contribution in [0.1, 0.15) is 19.8 Å². The van der Waals surface area contributed by atoms with Gasteiger partial charge in [0.1, 0.15) is 6.54 Å². The molecule has 1 aliphatic rings. The van der Waals surface area contributed by atoms with Crippen LogP contribution in [-0.4, -0.2) is 29.2 Å². The number of nitrogens with zero attached hydrogens (tertiary/aromatic N) is 1. The van der Waals surface area contributed by atoms with Gasteiger partial charge < -0.3 is 14.6 Å². The number of pyridine rings is 1. The molecule has 0 radical (unpaired) electrons. The molecule has 104 valence electrons. The van der Waals surface area contributed by atoms with E-state index in [4.69, 9.17) is 4.74 Å². The highest BCUT2D eigenvalue weighted by Crippen LogP contribution is 2.15. The molecule has 0 aliphatic carbocycles.